The van der Waals surface area contributed by atoms with E-state index < -0.39 is 41.7 Å². The second-order valence-corrected chi connectivity index (χ2v) is 7.15. The van der Waals surface area contributed by atoms with Gasteiger partial charge in [-0.15, -0.1) is 0 Å². The number of hydrogen-bond acceptors (Lipinski definition) is 5. The van der Waals surface area contributed by atoms with Crippen LogP contribution in [0.1, 0.15) is 37.3 Å². The molecule has 2 amide bonds. The number of methoxy groups -OCH3 is 2. The third-order valence-electron chi connectivity index (χ3n) is 5.07. The molecule has 1 aromatic carbocycles. The first kappa shape index (κ1) is 22.7. The first-order chi connectivity index (χ1) is 13.7. The molecule has 1 aliphatic heterocycles. The topological polar surface area (TPSA) is 84.9 Å². The van der Waals surface area contributed by atoms with Gasteiger partial charge in [-0.3, -0.25) is 9.59 Å². The van der Waals surface area contributed by atoms with Crippen molar-refractivity contribution in [3.05, 3.63) is 34.9 Å². The van der Waals surface area contributed by atoms with Gasteiger partial charge in [0, 0.05) is 38.1 Å². The number of amides is 2. The summed E-state index contributed by atoms with van der Waals surface area (Å²) in [5.41, 5.74) is 0.595. The number of aryl methyl sites for hydroxylation is 1. The highest BCUT2D eigenvalue weighted by atomic mass is 19.2. The van der Waals surface area contributed by atoms with Gasteiger partial charge in [0.1, 0.15) is 0 Å². The molecule has 29 heavy (non-hydrogen) atoms. The number of ether oxygens (including phenoxy) is 2. The van der Waals surface area contributed by atoms with Crippen LogP contribution in [0.25, 0.3) is 0 Å². The van der Waals surface area contributed by atoms with E-state index in [-0.39, 0.29) is 30.9 Å². The Labute approximate surface area is 168 Å². The van der Waals surface area contributed by atoms with Crippen LogP contribution in [0.5, 0.6) is 0 Å². The largest absolute Gasteiger partial charge is 0.467 e. The van der Waals surface area contributed by atoms with Crippen molar-refractivity contribution in [2.45, 2.75) is 57.8 Å². The second-order valence-electron chi connectivity index (χ2n) is 7.15. The second kappa shape index (κ2) is 9.78. The molecule has 0 saturated carbocycles. The highest BCUT2D eigenvalue weighted by Crippen LogP contribution is 2.26. The molecular formula is C20H26F2N2O5. The average Bonchev–Trinajstić information content (AvgIpc) is 3.01. The molecule has 0 aliphatic carbocycles. The molecule has 9 heteroatoms. The van der Waals surface area contributed by atoms with Crippen molar-refractivity contribution in [2.75, 3.05) is 14.2 Å². The van der Waals surface area contributed by atoms with Gasteiger partial charge in [-0.1, -0.05) is 6.07 Å². The van der Waals surface area contributed by atoms with Gasteiger partial charge in [-0.25, -0.2) is 13.6 Å². The van der Waals surface area contributed by atoms with E-state index in [0.717, 1.165) is 6.07 Å². The highest BCUT2D eigenvalue weighted by molar-refractivity contribution is 5.86. The Balaban J connectivity index is 2.10. The Kier molecular flexibility index (Phi) is 7.66. The van der Waals surface area contributed by atoms with Gasteiger partial charge in [-0.05, 0) is 31.9 Å². The highest BCUT2D eigenvalue weighted by Gasteiger charge is 2.35. The molecule has 1 heterocycles. The Bertz CT molecular complexity index is 786. The summed E-state index contributed by atoms with van der Waals surface area (Å²) < 4.78 is 37.6. The maximum Gasteiger partial charge on any atom is 0.331 e. The zero-order valence-electron chi connectivity index (χ0n) is 17.0. The third kappa shape index (κ3) is 5.50. The van der Waals surface area contributed by atoms with Crippen LogP contribution in [-0.4, -0.2) is 55.1 Å². The van der Waals surface area contributed by atoms with E-state index in [1.807, 2.05) is 0 Å². The summed E-state index contributed by atoms with van der Waals surface area (Å²) in [6.45, 7) is 3.12. The van der Waals surface area contributed by atoms with E-state index in [2.05, 4.69) is 10.1 Å². The third-order valence-corrected chi connectivity index (χ3v) is 5.07. The summed E-state index contributed by atoms with van der Waals surface area (Å²) in [5, 5.41) is 2.56. The fourth-order valence-corrected chi connectivity index (χ4v) is 3.40. The van der Waals surface area contributed by atoms with Gasteiger partial charge in [0.15, 0.2) is 17.7 Å². The number of carbonyl (C=O) groups is 3. The maximum absolute atomic E-state index is 14.1. The molecular weight excluding hydrogens is 386 g/mol. The molecule has 1 saturated heterocycles. The standard InChI is InChI=1S/C20H26F2N2O5/c1-11-7-13(18(22)15(21)8-11)10-24-14(5-6-17(24)26)9-16(25)23-19(12(2)28-3)20(27)29-4/h7-8,12,14,19H,5-6,9-10H2,1-4H3,(H,23,25)/t12-,14+,19+/m1/s1. The summed E-state index contributed by atoms with van der Waals surface area (Å²) in [4.78, 5) is 38.0. The molecule has 0 spiro atoms. The number of esters is 1. The predicted octanol–water partition coefficient (Wildman–Crippen LogP) is 1.85. The smallest absolute Gasteiger partial charge is 0.331 e. The number of rotatable bonds is 8. The minimum atomic E-state index is -1.00. The number of halogens is 2. The summed E-state index contributed by atoms with van der Waals surface area (Å²) >= 11 is 0. The van der Waals surface area contributed by atoms with E-state index in [4.69, 9.17) is 4.74 Å². The van der Waals surface area contributed by atoms with Gasteiger partial charge in [-0.2, -0.15) is 0 Å². The molecule has 0 radical (unpaired) electrons. The van der Waals surface area contributed by atoms with Gasteiger partial charge >= 0.3 is 5.97 Å². The van der Waals surface area contributed by atoms with Crippen LogP contribution in [0.15, 0.2) is 12.1 Å². The fraction of sp³-hybridized carbons (Fsp3) is 0.550. The van der Waals surface area contributed by atoms with Crippen molar-refractivity contribution < 1.29 is 32.6 Å². The Morgan fingerprint density at radius 2 is 2.00 bits per heavy atom. The quantitative estimate of drug-likeness (QED) is 0.659. The first-order valence-corrected chi connectivity index (χ1v) is 9.31. The van der Waals surface area contributed by atoms with Crippen LogP contribution in [0.3, 0.4) is 0 Å². The lowest BCUT2D eigenvalue weighted by molar-refractivity contribution is -0.149. The number of likely N-dealkylation sites (tertiary alicyclic amines) is 1. The monoisotopic (exact) mass is 412 g/mol. The lowest BCUT2D eigenvalue weighted by Gasteiger charge is -2.27. The maximum atomic E-state index is 14.1. The molecule has 7 nitrogen and oxygen atoms in total. The molecule has 1 aromatic rings. The van der Waals surface area contributed by atoms with Gasteiger partial charge < -0.3 is 19.7 Å². The van der Waals surface area contributed by atoms with Crippen LogP contribution < -0.4 is 5.32 Å². The minimum absolute atomic E-state index is 0.0589. The van der Waals surface area contributed by atoms with Crippen molar-refractivity contribution in [2.24, 2.45) is 0 Å². The van der Waals surface area contributed by atoms with Crippen molar-refractivity contribution in [1.29, 1.82) is 0 Å². The lowest BCUT2D eigenvalue weighted by atomic mass is 10.1. The van der Waals surface area contributed by atoms with E-state index >= 15 is 0 Å². The van der Waals surface area contributed by atoms with Gasteiger partial charge in [0.2, 0.25) is 11.8 Å². The molecule has 1 aliphatic rings. The van der Waals surface area contributed by atoms with Crippen molar-refractivity contribution in [3.63, 3.8) is 0 Å². The van der Waals surface area contributed by atoms with Crippen molar-refractivity contribution in [1.82, 2.24) is 10.2 Å². The zero-order chi connectivity index (χ0) is 21.7. The first-order valence-electron chi connectivity index (χ1n) is 9.31. The number of nitrogens with one attached hydrogen (secondary N) is 1. The number of hydrogen-bond donors (Lipinski definition) is 1. The van der Waals surface area contributed by atoms with E-state index in [9.17, 15) is 23.2 Å². The summed E-state index contributed by atoms with van der Waals surface area (Å²) in [7, 11) is 2.61. The SMILES string of the molecule is COC(=O)[C@@H](NC(=O)C[C@@H]1CCC(=O)N1Cc1cc(C)cc(F)c1F)[C@@H](C)OC. The van der Waals surface area contributed by atoms with Crippen LogP contribution in [-0.2, 0) is 30.4 Å². The molecule has 0 unspecified atom stereocenters. The van der Waals surface area contributed by atoms with E-state index in [0.29, 0.717) is 12.0 Å². The average molecular weight is 412 g/mol. The molecule has 160 valence electrons. The molecule has 2 rings (SSSR count). The normalized spacial score (nSPS) is 18.5. The molecule has 0 bridgehead atoms. The Hall–Kier alpha value is -2.55. The zero-order valence-corrected chi connectivity index (χ0v) is 17.0. The van der Waals surface area contributed by atoms with Crippen molar-refractivity contribution >= 4 is 17.8 Å². The van der Waals surface area contributed by atoms with Crippen LogP contribution in [0.4, 0.5) is 8.78 Å². The molecule has 0 aromatic heterocycles. The predicted molar refractivity (Wildman–Crippen MR) is 99.7 cm³/mol. The lowest BCUT2D eigenvalue weighted by Crippen LogP contribution is -2.50. The summed E-state index contributed by atoms with van der Waals surface area (Å²) in [6, 6.07) is 1.08. The van der Waals surface area contributed by atoms with E-state index in [1.165, 1.54) is 25.2 Å². The van der Waals surface area contributed by atoms with Gasteiger partial charge in [0.05, 0.1) is 13.2 Å². The fourth-order valence-electron chi connectivity index (χ4n) is 3.40. The van der Waals surface area contributed by atoms with E-state index in [1.54, 1.807) is 13.8 Å². The van der Waals surface area contributed by atoms with Crippen LogP contribution >= 0.6 is 0 Å². The van der Waals surface area contributed by atoms with Crippen LogP contribution in [0, 0.1) is 18.6 Å². The number of benzene rings is 1. The van der Waals surface area contributed by atoms with Gasteiger partial charge in [0.25, 0.3) is 0 Å². The molecule has 1 N–H and O–H groups in total. The Morgan fingerprint density at radius 3 is 2.62 bits per heavy atom. The van der Waals surface area contributed by atoms with Crippen molar-refractivity contribution in [3.8, 4) is 0 Å². The molecule has 1 fully saturated rings. The summed E-state index contributed by atoms with van der Waals surface area (Å²) in [6.07, 6.45) is -0.0729. The Morgan fingerprint density at radius 1 is 1.31 bits per heavy atom. The summed E-state index contributed by atoms with van der Waals surface area (Å²) in [5.74, 6) is -3.33. The van der Waals surface area contributed by atoms with Crippen LogP contribution in [0.2, 0.25) is 0 Å². The molecule has 3 atom stereocenters. The number of nitrogens with zero attached hydrogens (tertiary/aromatic N) is 1. The minimum Gasteiger partial charge on any atom is -0.467 e. The number of carbonyl (C=O) groups excluding carboxylic acids is 3.